The number of nitrogens with zero attached hydrogens (tertiary/aromatic N) is 5. The van der Waals surface area contributed by atoms with Gasteiger partial charge in [-0.15, -0.1) is 10.2 Å². The molecule has 0 aliphatic heterocycles. The van der Waals surface area contributed by atoms with Crippen molar-refractivity contribution in [1.82, 2.24) is 23.9 Å². The summed E-state index contributed by atoms with van der Waals surface area (Å²) >= 11 is 0. The van der Waals surface area contributed by atoms with E-state index >= 15 is 0 Å². The van der Waals surface area contributed by atoms with Crippen LogP contribution in [0.4, 0.5) is 0 Å². The van der Waals surface area contributed by atoms with Crippen LogP contribution in [0.25, 0.3) is 117 Å². The van der Waals surface area contributed by atoms with Crippen LogP contribution in [0.1, 0.15) is 0 Å². The van der Waals surface area contributed by atoms with Crippen LogP contribution in [-0.2, 0) is 0 Å². The molecule has 0 bridgehead atoms. The normalized spacial score (nSPS) is 11.9. The summed E-state index contributed by atoms with van der Waals surface area (Å²) in [7, 11) is 0. The molecule has 13 aromatic rings. The molecule has 6 heteroatoms. The van der Waals surface area contributed by atoms with Gasteiger partial charge in [0.05, 0.1) is 22.1 Å². The van der Waals surface area contributed by atoms with Gasteiger partial charge in [-0.05, 0) is 77.9 Å². The zero-order chi connectivity index (χ0) is 40.7. The van der Waals surface area contributed by atoms with E-state index in [2.05, 4.69) is 196 Å². The first kappa shape index (κ1) is 34.4. The molecule has 0 aliphatic rings. The van der Waals surface area contributed by atoms with Crippen LogP contribution in [0, 0.1) is 0 Å². The maximum Gasteiger partial charge on any atom is 0.171 e. The van der Waals surface area contributed by atoms with Crippen LogP contribution in [0.2, 0.25) is 0 Å². The Kier molecular flexibility index (Phi) is 7.50. The van der Waals surface area contributed by atoms with Crippen molar-refractivity contribution in [2.75, 3.05) is 0 Å². The minimum absolute atomic E-state index is 0.776. The monoisotopic (exact) mass is 793 g/mol. The van der Waals surface area contributed by atoms with Gasteiger partial charge in [0, 0.05) is 60.5 Å². The summed E-state index contributed by atoms with van der Waals surface area (Å²) in [6.45, 7) is 0. The molecule has 0 radical (unpaired) electrons. The lowest BCUT2D eigenvalue weighted by atomic mass is 10.0. The Balaban J connectivity index is 1.01. The van der Waals surface area contributed by atoms with Gasteiger partial charge in [-0.25, -0.2) is 0 Å². The first-order valence-electron chi connectivity index (χ1n) is 20.9. The number of para-hydroxylation sites is 5. The Morgan fingerprint density at radius 2 is 0.823 bits per heavy atom. The van der Waals surface area contributed by atoms with E-state index in [0.29, 0.717) is 0 Å². The summed E-state index contributed by atoms with van der Waals surface area (Å²) in [5, 5.41) is 16.7. The second-order valence-corrected chi connectivity index (χ2v) is 15.8. The average Bonchev–Trinajstić information content (AvgIpc) is 4.12. The number of aromatic nitrogens is 5. The Morgan fingerprint density at radius 1 is 0.323 bits per heavy atom. The first-order chi connectivity index (χ1) is 30.8. The van der Waals surface area contributed by atoms with E-state index in [9.17, 15) is 0 Å². The zero-order valence-electron chi connectivity index (χ0n) is 33.4. The van der Waals surface area contributed by atoms with Crippen molar-refractivity contribution in [2.24, 2.45) is 0 Å². The van der Waals surface area contributed by atoms with Crippen molar-refractivity contribution < 1.29 is 4.42 Å². The van der Waals surface area contributed by atoms with Crippen molar-refractivity contribution in [2.45, 2.75) is 0 Å². The SMILES string of the molecule is c1ccc(-c2nnc(-c3cccc4c5ccccc5n(-c5cccc(-c6cccc(-n7c8ccccc8c8ccc9c%10ccccc%10oc9c87)c6)c5)c34)n2-c2ccccc2)cc1. The van der Waals surface area contributed by atoms with Gasteiger partial charge in [0.2, 0.25) is 0 Å². The summed E-state index contributed by atoms with van der Waals surface area (Å²) in [5.41, 5.74) is 13.5. The van der Waals surface area contributed by atoms with Crippen molar-refractivity contribution in [3.63, 3.8) is 0 Å². The highest BCUT2D eigenvalue weighted by atomic mass is 16.3. The minimum atomic E-state index is 0.776. The first-order valence-corrected chi connectivity index (χ1v) is 20.9. The number of benzene rings is 9. The summed E-state index contributed by atoms with van der Waals surface area (Å²) in [5.74, 6) is 1.57. The van der Waals surface area contributed by atoms with Crippen molar-refractivity contribution in [3.8, 4) is 51.0 Å². The zero-order valence-corrected chi connectivity index (χ0v) is 33.4. The second-order valence-electron chi connectivity index (χ2n) is 15.8. The van der Waals surface area contributed by atoms with Crippen LogP contribution in [0.5, 0.6) is 0 Å². The molecule has 6 nitrogen and oxygen atoms in total. The van der Waals surface area contributed by atoms with Gasteiger partial charge in [0.25, 0.3) is 0 Å². The number of rotatable bonds is 6. The highest BCUT2D eigenvalue weighted by Gasteiger charge is 2.24. The molecule has 290 valence electrons. The predicted molar refractivity (Wildman–Crippen MR) is 254 cm³/mol. The lowest BCUT2D eigenvalue weighted by Gasteiger charge is -2.15. The van der Waals surface area contributed by atoms with Crippen LogP contribution < -0.4 is 0 Å². The molecule has 13 rings (SSSR count). The molecular formula is C56H35N5O. The van der Waals surface area contributed by atoms with Gasteiger partial charge in [-0.2, -0.15) is 0 Å². The Bertz CT molecular complexity index is 3870. The molecule has 4 heterocycles. The van der Waals surface area contributed by atoms with Crippen LogP contribution >= 0.6 is 0 Å². The van der Waals surface area contributed by atoms with Gasteiger partial charge < -0.3 is 13.6 Å². The number of hydrogen-bond acceptors (Lipinski definition) is 3. The van der Waals surface area contributed by atoms with E-state index in [-0.39, 0.29) is 0 Å². The topological polar surface area (TPSA) is 53.7 Å². The van der Waals surface area contributed by atoms with Gasteiger partial charge in [0.1, 0.15) is 5.58 Å². The second kappa shape index (κ2) is 13.5. The summed E-state index contributed by atoms with van der Waals surface area (Å²) in [6.07, 6.45) is 0. The van der Waals surface area contributed by atoms with Crippen molar-refractivity contribution in [1.29, 1.82) is 0 Å². The highest BCUT2D eigenvalue weighted by molar-refractivity contribution is 6.21. The summed E-state index contributed by atoms with van der Waals surface area (Å²) < 4.78 is 13.6. The van der Waals surface area contributed by atoms with E-state index < -0.39 is 0 Å². The fourth-order valence-electron chi connectivity index (χ4n) is 9.67. The van der Waals surface area contributed by atoms with E-state index in [0.717, 1.165) is 100 Å². The molecule has 0 N–H and O–H groups in total. The molecule has 0 saturated heterocycles. The lowest BCUT2D eigenvalue weighted by Crippen LogP contribution is -2.02. The third-order valence-electron chi connectivity index (χ3n) is 12.4. The molecule has 9 aromatic carbocycles. The fourth-order valence-corrected chi connectivity index (χ4v) is 9.67. The third-order valence-corrected chi connectivity index (χ3v) is 12.4. The van der Waals surface area contributed by atoms with Gasteiger partial charge in [-0.1, -0.05) is 146 Å². The molecule has 0 unspecified atom stereocenters. The highest BCUT2D eigenvalue weighted by Crippen LogP contribution is 2.42. The standard InChI is InChI=1S/C56H35N5O/c1-3-16-36(17-4-1)55-57-58-56(61(55)39-20-5-2-6-21-39)48-28-15-27-45-42-24-7-10-29-49(42)59(52(45)48)40-22-13-18-37(34-40)38-19-14-23-41(35-38)60-50-30-11-8-25-43(50)46-32-33-47-44-26-9-12-31-51(44)62-54(47)53(46)60/h1-35H. The minimum Gasteiger partial charge on any atom is -0.454 e. The molecule has 4 aromatic heterocycles. The number of furan rings is 1. The van der Waals surface area contributed by atoms with Gasteiger partial charge >= 0.3 is 0 Å². The Labute approximate surface area is 355 Å². The van der Waals surface area contributed by atoms with E-state index in [1.165, 1.54) is 16.2 Å². The number of fused-ring (bicyclic) bond motifs is 10. The van der Waals surface area contributed by atoms with Crippen molar-refractivity contribution >= 4 is 65.6 Å². The summed E-state index contributed by atoms with van der Waals surface area (Å²) in [4.78, 5) is 0. The van der Waals surface area contributed by atoms with Crippen LogP contribution in [0.3, 0.4) is 0 Å². The Hall–Kier alpha value is -8.48. The predicted octanol–water partition coefficient (Wildman–Crippen LogP) is 14.4. The fraction of sp³-hybridized carbons (Fsp3) is 0. The smallest absolute Gasteiger partial charge is 0.171 e. The van der Waals surface area contributed by atoms with Gasteiger partial charge in [-0.3, -0.25) is 4.57 Å². The Morgan fingerprint density at radius 3 is 1.53 bits per heavy atom. The molecule has 0 saturated carbocycles. The van der Waals surface area contributed by atoms with E-state index in [1.54, 1.807) is 0 Å². The maximum absolute atomic E-state index is 6.66. The summed E-state index contributed by atoms with van der Waals surface area (Å²) in [6, 6.07) is 75.1. The molecule has 0 amide bonds. The lowest BCUT2D eigenvalue weighted by molar-refractivity contribution is 0.671. The maximum atomic E-state index is 6.66. The third kappa shape index (κ3) is 5.10. The van der Waals surface area contributed by atoms with Crippen LogP contribution in [-0.4, -0.2) is 23.9 Å². The molecule has 0 spiro atoms. The largest absolute Gasteiger partial charge is 0.454 e. The molecule has 0 atom stereocenters. The molecule has 62 heavy (non-hydrogen) atoms. The molecule has 0 fully saturated rings. The van der Waals surface area contributed by atoms with E-state index in [4.69, 9.17) is 14.6 Å². The van der Waals surface area contributed by atoms with E-state index in [1.807, 2.05) is 30.3 Å². The molecule has 0 aliphatic carbocycles. The van der Waals surface area contributed by atoms with Gasteiger partial charge in [0.15, 0.2) is 17.2 Å². The number of hydrogen-bond donors (Lipinski definition) is 0. The quantitative estimate of drug-likeness (QED) is 0.168. The average molecular weight is 794 g/mol. The molecular weight excluding hydrogens is 759 g/mol. The van der Waals surface area contributed by atoms with Crippen molar-refractivity contribution in [3.05, 3.63) is 212 Å². The van der Waals surface area contributed by atoms with Crippen LogP contribution in [0.15, 0.2) is 217 Å².